The number of nitrogens with one attached hydrogen (secondary N) is 1. The van der Waals surface area contributed by atoms with Gasteiger partial charge in [0.05, 0.1) is 16.1 Å². The summed E-state index contributed by atoms with van der Waals surface area (Å²) in [6.07, 6.45) is 0.489. The molecule has 0 saturated heterocycles. The van der Waals surface area contributed by atoms with Gasteiger partial charge in [0.2, 0.25) is 0 Å². The molecule has 1 N–H and O–H groups in total. The lowest BCUT2D eigenvalue weighted by molar-refractivity contribution is 0.583. The monoisotopic (exact) mass is 242 g/mol. The molecule has 4 heteroatoms. The largest absolute Gasteiger partial charge is 0.309 e. The minimum Gasteiger partial charge on any atom is -0.309 e. The van der Waals surface area contributed by atoms with E-state index in [9.17, 15) is 0 Å². The van der Waals surface area contributed by atoms with Crippen molar-refractivity contribution >= 4 is 23.2 Å². The third-order valence-corrected chi connectivity index (χ3v) is 2.97. The van der Waals surface area contributed by atoms with Crippen molar-refractivity contribution in [2.45, 2.75) is 19.4 Å². The molecule has 1 rings (SSSR count). The van der Waals surface area contributed by atoms with Crippen molar-refractivity contribution in [3.05, 3.63) is 33.8 Å². The lowest BCUT2D eigenvalue weighted by Crippen LogP contribution is -2.19. The SMILES string of the molecule is CC(NCCC#N)c1cccc(Cl)c1Cl. The summed E-state index contributed by atoms with van der Waals surface area (Å²) in [5.41, 5.74) is 0.960. The molecule has 0 spiro atoms. The molecular weight excluding hydrogens is 231 g/mol. The van der Waals surface area contributed by atoms with Crippen LogP contribution in [0.4, 0.5) is 0 Å². The molecule has 1 unspecified atom stereocenters. The Kier molecular flexibility index (Phi) is 4.90. The zero-order valence-corrected chi connectivity index (χ0v) is 9.94. The van der Waals surface area contributed by atoms with E-state index in [0.717, 1.165) is 5.56 Å². The number of benzene rings is 1. The molecule has 0 aliphatic heterocycles. The summed E-state index contributed by atoms with van der Waals surface area (Å²) in [5.74, 6) is 0. The van der Waals surface area contributed by atoms with Gasteiger partial charge in [0, 0.05) is 19.0 Å². The summed E-state index contributed by atoms with van der Waals surface area (Å²) in [4.78, 5) is 0. The molecule has 0 fully saturated rings. The molecule has 15 heavy (non-hydrogen) atoms. The number of nitriles is 1. The minimum absolute atomic E-state index is 0.101. The zero-order chi connectivity index (χ0) is 11.3. The van der Waals surface area contributed by atoms with Crippen molar-refractivity contribution in [2.24, 2.45) is 0 Å². The van der Waals surface area contributed by atoms with Crippen LogP contribution in [0.5, 0.6) is 0 Å². The Labute approximate surface area is 99.8 Å². The first-order chi connectivity index (χ1) is 7.16. The first-order valence-corrected chi connectivity index (χ1v) is 5.46. The van der Waals surface area contributed by atoms with Crippen molar-refractivity contribution in [2.75, 3.05) is 6.54 Å². The van der Waals surface area contributed by atoms with Gasteiger partial charge >= 0.3 is 0 Å². The van der Waals surface area contributed by atoms with E-state index >= 15 is 0 Å². The van der Waals surface area contributed by atoms with E-state index in [2.05, 4.69) is 11.4 Å². The summed E-state index contributed by atoms with van der Waals surface area (Å²) in [5, 5.41) is 12.8. The van der Waals surface area contributed by atoms with E-state index in [0.29, 0.717) is 23.0 Å². The van der Waals surface area contributed by atoms with Gasteiger partial charge in [-0.05, 0) is 18.6 Å². The Balaban J connectivity index is 2.70. The third-order valence-electron chi connectivity index (χ3n) is 2.14. The highest BCUT2D eigenvalue weighted by Gasteiger charge is 2.10. The molecule has 0 heterocycles. The Morgan fingerprint density at radius 1 is 1.47 bits per heavy atom. The molecule has 80 valence electrons. The topological polar surface area (TPSA) is 35.8 Å². The zero-order valence-electron chi connectivity index (χ0n) is 8.43. The van der Waals surface area contributed by atoms with Crippen LogP contribution in [0.25, 0.3) is 0 Å². The molecule has 1 atom stereocenters. The summed E-state index contributed by atoms with van der Waals surface area (Å²) < 4.78 is 0. The van der Waals surface area contributed by atoms with Gasteiger partial charge in [0.15, 0.2) is 0 Å². The number of hydrogen-bond donors (Lipinski definition) is 1. The fourth-order valence-electron chi connectivity index (χ4n) is 1.31. The van der Waals surface area contributed by atoms with Crippen LogP contribution >= 0.6 is 23.2 Å². The normalized spacial score (nSPS) is 12.1. The van der Waals surface area contributed by atoms with Gasteiger partial charge in [-0.2, -0.15) is 5.26 Å². The van der Waals surface area contributed by atoms with Crippen molar-refractivity contribution in [1.82, 2.24) is 5.32 Å². The Bertz CT molecular complexity index is 371. The molecule has 1 aromatic carbocycles. The third kappa shape index (κ3) is 3.39. The van der Waals surface area contributed by atoms with Crippen molar-refractivity contribution < 1.29 is 0 Å². The fraction of sp³-hybridized carbons (Fsp3) is 0.364. The summed E-state index contributed by atoms with van der Waals surface area (Å²) in [6, 6.07) is 7.74. The van der Waals surface area contributed by atoms with E-state index in [1.165, 1.54) is 0 Å². The van der Waals surface area contributed by atoms with E-state index in [1.54, 1.807) is 6.07 Å². The van der Waals surface area contributed by atoms with Crippen LogP contribution in [-0.4, -0.2) is 6.54 Å². The lowest BCUT2D eigenvalue weighted by atomic mass is 10.1. The maximum absolute atomic E-state index is 8.41. The van der Waals surface area contributed by atoms with Crippen molar-refractivity contribution in [3.8, 4) is 6.07 Å². The van der Waals surface area contributed by atoms with Gasteiger partial charge in [-0.3, -0.25) is 0 Å². The number of nitrogens with zero attached hydrogens (tertiary/aromatic N) is 1. The predicted octanol–water partition coefficient (Wildman–Crippen LogP) is 3.56. The second-order valence-electron chi connectivity index (χ2n) is 3.23. The smallest absolute Gasteiger partial charge is 0.0639 e. The first kappa shape index (κ1) is 12.3. The highest BCUT2D eigenvalue weighted by atomic mass is 35.5. The maximum atomic E-state index is 8.41. The van der Waals surface area contributed by atoms with Crippen LogP contribution in [0.15, 0.2) is 18.2 Å². The highest BCUT2D eigenvalue weighted by molar-refractivity contribution is 6.42. The van der Waals surface area contributed by atoms with Gasteiger partial charge in [0.1, 0.15) is 0 Å². The number of hydrogen-bond acceptors (Lipinski definition) is 2. The van der Waals surface area contributed by atoms with Crippen LogP contribution in [-0.2, 0) is 0 Å². The van der Waals surface area contributed by atoms with E-state index in [1.807, 2.05) is 19.1 Å². The maximum Gasteiger partial charge on any atom is 0.0639 e. The standard InChI is InChI=1S/C11H12Cl2N2/c1-8(15-7-3-6-14)9-4-2-5-10(12)11(9)13/h2,4-5,8,15H,3,7H2,1H3. The van der Waals surface area contributed by atoms with Gasteiger partial charge in [-0.25, -0.2) is 0 Å². The van der Waals surface area contributed by atoms with Gasteiger partial charge in [0.25, 0.3) is 0 Å². The van der Waals surface area contributed by atoms with E-state index < -0.39 is 0 Å². The van der Waals surface area contributed by atoms with Crippen LogP contribution in [0.2, 0.25) is 10.0 Å². The Morgan fingerprint density at radius 3 is 2.87 bits per heavy atom. The molecule has 0 aliphatic carbocycles. The van der Waals surface area contributed by atoms with Gasteiger partial charge in [-0.15, -0.1) is 0 Å². The highest BCUT2D eigenvalue weighted by Crippen LogP contribution is 2.29. The van der Waals surface area contributed by atoms with Crippen LogP contribution in [0.3, 0.4) is 0 Å². The average molecular weight is 243 g/mol. The van der Waals surface area contributed by atoms with Crippen LogP contribution < -0.4 is 5.32 Å². The molecule has 0 amide bonds. The number of rotatable bonds is 4. The Morgan fingerprint density at radius 2 is 2.20 bits per heavy atom. The molecule has 0 radical (unpaired) electrons. The fourth-order valence-corrected chi connectivity index (χ4v) is 1.78. The van der Waals surface area contributed by atoms with E-state index in [4.69, 9.17) is 28.5 Å². The first-order valence-electron chi connectivity index (χ1n) is 4.71. The number of halogens is 2. The average Bonchev–Trinajstić information content (AvgIpc) is 2.22. The summed E-state index contributed by atoms with van der Waals surface area (Å²) in [6.45, 7) is 2.65. The molecule has 1 aromatic rings. The van der Waals surface area contributed by atoms with E-state index in [-0.39, 0.29) is 6.04 Å². The molecule has 0 saturated carbocycles. The summed E-state index contributed by atoms with van der Waals surface area (Å²) in [7, 11) is 0. The van der Waals surface area contributed by atoms with Crippen molar-refractivity contribution in [3.63, 3.8) is 0 Å². The summed E-state index contributed by atoms with van der Waals surface area (Å²) >= 11 is 12.0. The minimum atomic E-state index is 0.101. The Hall–Kier alpha value is -0.750. The molecule has 2 nitrogen and oxygen atoms in total. The predicted molar refractivity (Wildman–Crippen MR) is 63.1 cm³/mol. The quantitative estimate of drug-likeness (QED) is 0.820. The molecule has 0 aromatic heterocycles. The second-order valence-corrected chi connectivity index (χ2v) is 4.01. The molecular formula is C11H12Cl2N2. The molecule has 0 aliphatic rings. The lowest BCUT2D eigenvalue weighted by Gasteiger charge is -2.15. The second kappa shape index (κ2) is 5.97. The molecule has 0 bridgehead atoms. The van der Waals surface area contributed by atoms with Gasteiger partial charge in [-0.1, -0.05) is 35.3 Å². The van der Waals surface area contributed by atoms with Gasteiger partial charge < -0.3 is 5.32 Å². The van der Waals surface area contributed by atoms with Crippen LogP contribution in [0.1, 0.15) is 24.9 Å². The van der Waals surface area contributed by atoms with Crippen LogP contribution in [0, 0.1) is 11.3 Å². The van der Waals surface area contributed by atoms with Crippen molar-refractivity contribution in [1.29, 1.82) is 5.26 Å².